The topological polar surface area (TPSA) is 117 Å². The second-order valence-corrected chi connectivity index (χ2v) is 6.00. The van der Waals surface area contributed by atoms with Gasteiger partial charge in [-0.15, -0.1) is 0 Å². The first kappa shape index (κ1) is 25.4. The molecule has 0 aromatic carbocycles. The van der Waals surface area contributed by atoms with E-state index < -0.39 is 36.6 Å². The quantitative estimate of drug-likeness (QED) is 0.204. The monoisotopic (exact) mass is 401 g/mol. The summed E-state index contributed by atoms with van der Waals surface area (Å²) in [5, 5.41) is 2.16. The molecule has 0 bridgehead atoms. The highest BCUT2D eigenvalue weighted by Crippen LogP contribution is 2.20. The summed E-state index contributed by atoms with van der Waals surface area (Å²) in [7, 11) is 1.27. The first-order chi connectivity index (χ1) is 13.3. The number of alkyl carbamates (subject to hydrolysis) is 1. The summed E-state index contributed by atoms with van der Waals surface area (Å²) in [6.45, 7) is 6.42. The largest absolute Gasteiger partial charge is 0.461 e. The van der Waals surface area contributed by atoms with Crippen molar-refractivity contribution in [3.8, 4) is 0 Å². The second-order valence-electron chi connectivity index (χ2n) is 6.00. The Balaban J connectivity index is 5.29. The molecule has 1 amide bonds. The van der Waals surface area contributed by atoms with Crippen LogP contribution >= 0.6 is 0 Å². The Labute approximate surface area is 165 Å². The van der Waals surface area contributed by atoms with E-state index in [0.29, 0.717) is 12.8 Å². The summed E-state index contributed by atoms with van der Waals surface area (Å²) < 4.78 is 20.1. The van der Waals surface area contributed by atoms with Crippen molar-refractivity contribution < 1.29 is 38.1 Å². The van der Waals surface area contributed by atoms with Crippen molar-refractivity contribution in [1.29, 1.82) is 0 Å². The Hall–Kier alpha value is -2.58. The molecule has 0 spiro atoms. The van der Waals surface area contributed by atoms with Crippen molar-refractivity contribution >= 4 is 24.0 Å². The van der Waals surface area contributed by atoms with Gasteiger partial charge in [-0.25, -0.2) is 9.59 Å². The Morgan fingerprint density at radius 1 is 0.893 bits per heavy atom. The minimum atomic E-state index is -2.53. The summed E-state index contributed by atoms with van der Waals surface area (Å²) in [5.74, 6) is -4.92. The van der Waals surface area contributed by atoms with Crippen molar-refractivity contribution in [2.75, 3.05) is 13.7 Å². The number of hydrogen-bond donors (Lipinski definition) is 1. The number of esters is 3. The zero-order valence-electron chi connectivity index (χ0n) is 16.9. The fourth-order valence-electron chi connectivity index (χ4n) is 2.04. The van der Waals surface area contributed by atoms with E-state index in [1.165, 1.54) is 7.05 Å². The Bertz CT molecular complexity index is 534. The van der Waals surface area contributed by atoms with Gasteiger partial charge in [-0.05, 0) is 12.8 Å². The molecule has 1 atom stereocenters. The van der Waals surface area contributed by atoms with E-state index in [2.05, 4.69) is 11.9 Å². The van der Waals surface area contributed by atoms with Gasteiger partial charge in [0, 0.05) is 26.0 Å². The number of ether oxygens (including phenoxy) is 4. The van der Waals surface area contributed by atoms with Gasteiger partial charge in [-0.2, -0.15) is 0 Å². The molecule has 0 saturated carbocycles. The van der Waals surface area contributed by atoms with Gasteiger partial charge in [0.15, 0.2) is 0 Å². The van der Waals surface area contributed by atoms with Crippen LogP contribution in [0.1, 0.15) is 65.2 Å². The second kappa shape index (κ2) is 14.5. The smallest absolute Gasteiger partial charge is 0.453 e. The lowest BCUT2D eigenvalue weighted by atomic mass is 10.2. The Morgan fingerprint density at radius 3 is 1.96 bits per heavy atom. The number of nitrogens with one attached hydrogen (secondary N) is 1. The van der Waals surface area contributed by atoms with Crippen LogP contribution in [0, 0.1) is 0 Å². The lowest BCUT2D eigenvalue weighted by Crippen LogP contribution is -2.50. The van der Waals surface area contributed by atoms with E-state index in [-0.39, 0.29) is 12.8 Å². The predicted octanol–water partition coefficient (Wildman–Crippen LogP) is 2.97. The standard InChI is InChI=1S/C19H31NO8/c1-5-8-10-12-16(22)25-14-19(26-15(21)7-3,28-18(24)20-4)27-17(23)13-11-9-6-2/h7H,3,5-6,8-14H2,1-2,4H3,(H,20,24). The number of rotatable bonds is 14. The summed E-state index contributed by atoms with van der Waals surface area (Å²) >= 11 is 0. The summed E-state index contributed by atoms with van der Waals surface area (Å²) in [4.78, 5) is 47.5. The minimum absolute atomic E-state index is 0.0166. The third-order valence-corrected chi connectivity index (χ3v) is 3.52. The molecule has 160 valence electrons. The van der Waals surface area contributed by atoms with Crippen molar-refractivity contribution in [3.05, 3.63) is 12.7 Å². The lowest BCUT2D eigenvalue weighted by molar-refractivity contribution is -0.332. The average Bonchev–Trinajstić information content (AvgIpc) is 2.66. The highest BCUT2D eigenvalue weighted by molar-refractivity contribution is 5.82. The highest BCUT2D eigenvalue weighted by Gasteiger charge is 2.45. The van der Waals surface area contributed by atoms with Gasteiger partial charge < -0.3 is 24.3 Å². The number of hydrogen-bond acceptors (Lipinski definition) is 8. The maximum absolute atomic E-state index is 12.1. The van der Waals surface area contributed by atoms with Gasteiger partial charge in [0.2, 0.25) is 6.61 Å². The normalized spacial score (nSPS) is 12.2. The molecule has 1 unspecified atom stereocenters. The van der Waals surface area contributed by atoms with Crippen molar-refractivity contribution in [3.63, 3.8) is 0 Å². The molecule has 0 aliphatic heterocycles. The molecule has 9 nitrogen and oxygen atoms in total. The SMILES string of the molecule is C=CC(=O)OC(COC(=O)CCCCC)(OC(=O)CCCCC)OC(=O)NC. The van der Waals surface area contributed by atoms with Gasteiger partial charge in [0.1, 0.15) is 0 Å². The molecule has 0 aromatic rings. The predicted molar refractivity (Wildman–Crippen MR) is 99.9 cm³/mol. The molecule has 0 radical (unpaired) electrons. The number of amides is 1. The zero-order valence-corrected chi connectivity index (χ0v) is 16.9. The molecule has 1 N–H and O–H groups in total. The fourth-order valence-corrected chi connectivity index (χ4v) is 2.04. The van der Waals surface area contributed by atoms with Crippen molar-refractivity contribution in [2.45, 2.75) is 71.2 Å². The van der Waals surface area contributed by atoms with Crippen LogP contribution in [0.4, 0.5) is 4.79 Å². The van der Waals surface area contributed by atoms with Crippen LogP contribution in [0.5, 0.6) is 0 Å². The maximum Gasteiger partial charge on any atom is 0.461 e. The van der Waals surface area contributed by atoms with Crippen LogP contribution in [-0.2, 0) is 33.3 Å². The van der Waals surface area contributed by atoms with Crippen molar-refractivity contribution in [1.82, 2.24) is 5.32 Å². The molecule has 28 heavy (non-hydrogen) atoms. The first-order valence-corrected chi connectivity index (χ1v) is 9.46. The van der Waals surface area contributed by atoms with E-state index in [1.807, 2.05) is 13.8 Å². The Morgan fingerprint density at radius 2 is 1.46 bits per heavy atom. The molecule has 0 heterocycles. The number of carbonyl (C=O) groups excluding carboxylic acids is 4. The molecule has 0 aliphatic rings. The zero-order chi connectivity index (χ0) is 21.4. The van der Waals surface area contributed by atoms with Crippen LogP contribution in [-0.4, -0.2) is 43.6 Å². The molecule has 0 aliphatic carbocycles. The van der Waals surface area contributed by atoms with Crippen LogP contribution in [0.3, 0.4) is 0 Å². The minimum Gasteiger partial charge on any atom is -0.453 e. The van der Waals surface area contributed by atoms with Crippen molar-refractivity contribution in [2.24, 2.45) is 0 Å². The van der Waals surface area contributed by atoms with Gasteiger partial charge in [-0.3, -0.25) is 9.59 Å². The van der Waals surface area contributed by atoms with Gasteiger partial charge >= 0.3 is 30.0 Å². The molecule has 9 heteroatoms. The molecular formula is C19H31NO8. The number of unbranched alkanes of at least 4 members (excludes halogenated alkanes) is 4. The van der Waals surface area contributed by atoms with E-state index >= 15 is 0 Å². The van der Waals surface area contributed by atoms with Gasteiger partial charge in [0.05, 0.1) is 0 Å². The van der Waals surface area contributed by atoms with E-state index in [0.717, 1.165) is 31.8 Å². The van der Waals surface area contributed by atoms with E-state index in [1.54, 1.807) is 0 Å². The lowest BCUT2D eigenvalue weighted by Gasteiger charge is -2.30. The van der Waals surface area contributed by atoms with Crippen LogP contribution in [0.2, 0.25) is 0 Å². The van der Waals surface area contributed by atoms with E-state index in [4.69, 9.17) is 18.9 Å². The maximum atomic E-state index is 12.1. The molecule has 0 saturated heterocycles. The van der Waals surface area contributed by atoms with Crippen LogP contribution in [0.15, 0.2) is 12.7 Å². The fraction of sp³-hybridized carbons (Fsp3) is 0.684. The summed E-state index contributed by atoms with van der Waals surface area (Å²) in [6, 6.07) is 0. The molecule has 0 fully saturated rings. The summed E-state index contributed by atoms with van der Waals surface area (Å²) in [5.41, 5.74) is 0. The number of carbonyl (C=O) groups is 4. The molecular weight excluding hydrogens is 370 g/mol. The third-order valence-electron chi connectivity index (χ3n) is 3.52. The van der Waals surface area contributed by atoms with Gasteiger partial charge in [-0.1, -0.05) is 46.1 Å². The van der Waals surface area contributed by atoms with Crippen LogP contribution < -0.4 is 5.32 Å². The van der Waals surface area contributed by atoms with E-state index in [9.17, 15) is 19.2 Å². The highest BCUT2D eigenvalue weighted by atomic mass is 16.9. The third kappa shape index (κ3) is 11.2. The van der Waals surface area contributed by atoms with Crippen LogP contribution in [0.25, 0.3) is 0 Å². The molecule has 0 aromatic heterocycles. The average molecular weight is 401 g/mol. The first-order valence-electron chi connectivity index (χ1n) is 9.46. The molecule has 0 rings (SSSR count). The Kier molecular flexibility index (Phi) is 13.1. The summed E-state index contributed by atoms with van der Waals surface area (Å²) in [6.07, 6.45) is 4.49. The van der Waals surface area contributed by atoms with Gasteiger partial charge in [0.25, 0.3) is 0 Å².